The standard InChI is InChI=1S/C28H26ClNO5/c1-3-5-25(31)34-21-12-7-18(8-13-21)28(23-17-20(29)11-16-24(23)30-27(28)33)19-9-14-22(15-10-19)35-26(32)6-4-2/h7-17H,3-6H2,1-2H3,(H,30,33). The zero-order chi connectivity index (χ0) is 25.0. The van der Waals surface area contributed by atoms with Crippen LogP contribution in [0.3, 0.4) is 0 Å². The van der Waals surface area contributed by atoms with Gasteiger partial charge in [-0.15, -0.1) is 0 Å². The molecular formula is C28H26ClNO5. The number of fused-ring (bicyclic) bond motifs is 1. The van der Waals surface area contributed by atoms with E-state index in [0.717, 1.165) is 0 Å². The average Bonchev–Trinajstić information content (AvgIpc) is 3.12. The highest BCUT2D eigenvalue weighted by Gasteiger charge is 2.49. The van der Waals surface area contributed by atoms with Crippen molar-refractivity contribution in [3.8, 4) is 11.5 Å². The summed E-state index contributed by atoms with van der Waals surface area (Å²) in [6.07, 6.45) is 2.05. The highest BCUT2D eigenvalue weighted by Crippen LogP contribution is 2.49. The van der Waals surface area contributed by atoms with E-state index in [1.54, 1.807) is 66.7 Å². The molecule has 0 radical (unpaired) electrons. The van der Waals surface area contributed by atoms with E-state index in [4.69, 9.17) is 21.1 Å². The molecule has 6 nitrogen and oxygen atoms in total. The van der Waals surface area contributed by atoms with E-state index >= 15 is 0 Å². The lowest BCUT2D eigenvalue weighted by Gasteiger charge is -2.29. The summed E-state index contributed by atoms with van der Waals surface area (Å²) in [4.78, 5) is 37.4. The van der Waals surface area contributed by atoms with Crippen molar-refractivity contribution in [1.29, 1.82) is 0 Å². The van der Waals surface area contributed by atoms with Crippen molar-refractivity contribution >= 4 is 35.1 Å². The minimum atomic E-state index is -1.20. The Labute approximate surface area is 209 Å². The van der Waals surface area contributed by atoms with E-state index in [-0.39, 0.29) is 17.8 Å². The summed E-state index contributed by atoms with van der Waals surface area (Å²) in [5.74, 6) is -0.0328. The number of amides is 1. The third-order valence-corrected chi connectivity index (χ3v) is 6.16. The summed E-state index contributed by atoms with van der Waals surface area (Å²) in [6, 6.07) is 19.1. The lowest BCUT2D eigenvalue weighted by Crippen LogP contribution is -2.37. The maximum atomic E-state index is 13.6. The second kappa shape index (κ2) is 10.3. The molecule has 0 bridgehead atoms. The van der Waals surface area contributed by atoms with Crippen LogP contribution >= 0.6 is 11.6 Å². The van der Waals surface area contributed by atoms with E-state index < -0.39 is 5.41 Å². The molecule has 3 aromatic carbocycles. The summed E-state index contributed by atoms with van der Waals surface area (Å²) in [5, 5.41) is 3.47. The van der Waals surface area contributed by atoms with E-state index in [9.17, 15) is 14.4 Å². The molecule has 0 aliphatic carbocycles. The van der Waals surface area contributed by atoms with E-state index in [2.05, 4.69) is 5.32 Å². The maximum absolute atomic E-state index is 13.6. The normalized spacial score (nSPS) is 13.6. The van der Waals surface area contributed by atoms with Crippen LogP contribution in [0.15, 0.2) is 66.7 Å². The Morgan fingerprint density at radius 2 is 1.29 bits per heavy atom. The first kappa shape index (κ1) is 24.5. The van der Waals surface area contributed by atoms with Crippen molar-refractivity contribution in [3.63, 3.8) is 0 Å². The highest BCUT2D eigenvalue weighted by molar-refractivity contribution is 6.31. The quantitative estimate of drug-likeness (QED) is 0.307. The van der Waals surface area contributed by atoms with Gasteiger partial charge in [0, 0.05) is 29.1 Å². The first-order valence-electron chi connectivity index (χ1n) is 11.6. The Kier molecular flexibility index (Phi) is 7.22. The Bertz CT molecular complexity index is 1190. The second-order valence-corrected chi connectivity index (χ2v) is 8.83. The molecule has 0 atom stereocenters. The Balaban J connectivity index is 1.78. The Morgan fingerprint density at radius 3 is 1.74 bits per heavy atom. The van der Waals surface area contributed by atoms with Crippen LogP contribution in [-0.4, -0.2) is 17.8 Å². The summed E-state index contributed by atoms with van der Waals surface area (Å²) in [5.41, 5.74) is 1.54. The van der Waals surface area contributed by atoms with Gasteiger partial charge in [0.15, 0.2) is 0 Å². The van der Waals surface area contributed by atoms with Crippen LogP contribution in [0.25, 0.3) is 0 Å². The van der Waals surface area contributed by atoms with Gasteiger partial charge in [-0.05, 0) is 66.4 Å². The molecule has 0 aromatic heterocycles. The molecule has 4 rings (SSSR count). The number of halogens is 1. The Hall–Kier alpha value is -3.64. The monoisotopic (exact) mass is 491 g/mol. The van der Waals surface area contributed by atoms with Gasteiger partial charge >= 0.3 is 11.9 Å². The second-order valence-electron chi connectivity index (χ2n) is 8.39. The summed E-state index contributed by atoms with van der Waals surface area (Å²) in [6.45, 7) is 3.82. The minimum absolute atomic E-state index is 0.235. The number of rotatable bonds is 8. The van der Waals surface area contributed by atoms with Crippen LogP contribution in [0, 0.1) is 0 Å². The van der Waals surface area contributed by atoms with Crippen molar-refractivity contribution in [2.75, 3.05) is 5.32 Å². The number of carbonyl (C=O) groups is 3. The minimum Gasteiger partial charge on any atom is -0.427 e. The van der Waals surface area contributed by atoms with Crippen molar-refractivity contribution in [2.45, 2.75) is 44.9 Å². The lowest BCUT2D eigenvalue weighted by atomic mass is 9.70. The Morgan fingerprint density at radius 1 is 0.800 bits per heavy atom. The van der Waals surface area contributed by atoms with Gasteiger partial charge in [-0.3, -0.25) is 14.4 Å². The van der Waals surface area contributed by atoms with Gasteiger partial charge in [0.1, 0.15) is 16.9 Å². The predicted octanol–water partition coefficient (Wildman–Crippen LogP) is 6.04. The number of hydrogen-bond donors (Lipinski definition) is 1. The number of carbonyl (C=O) groups excluding carboxylic acids is 3. The molecule has 7 heteroatoms. The molecule has 0 saturated carbocycles. The smallest absolute Gasteiger partial charge is 0.311 e. The van der Waals surface area contributed by atoms with E-state index in [0.29, 0.717) is 64.6 Å². The first-order chi connectivity index (χ1) is 16.9. The van der Waals surface area contributed by atoms with Crippen LogP contribution < -0.4 is 14.8 Å². The fraction of sp³-hybridized carbons (Fsp3) is 0.250. The fourth-order valence-corrected chi connectivity index (χ4v) is 4.51. The van der Waals surface area contributed by atoms with Crippen molar-refractivity contribution < 1.29 is 23.9 Å². The van der Waals surface area contributed by atoms with Gasteiger partial charge in [-0.1, -0.05) is 49.7 Å². The number of nitrogens with one attached hydrogen (secondary N) is 1. The van der Waals surface area contributed by atoms with Crippen LogP contribution in [-0.2, 0) is 19.8 Å². The molecule has 0 spiro atoms. The van der Waals surface area contributed by atoms with Crippen LogP contribution in [0.2, 0.25) is 5.02 Å². The number of esters is 2. The molecular weight excluding hydrogens is 466 g/mol. The molecule has 0 fully saturated rings. The third-order valence-electron chi connectivity index (χ3n) is 5.92. The van der Waals surface area contributed by atoms with Crippen LogP contribution in [0.1, 0.15) is 56.2 Å². The van der Waals surface area contributed by atoms with Gasteiger partial charge in [-0.2, -0.15) is 0 Å². The molecule has 3 aromatic rings. The third kappa shape index (κ3) is 4.80. The van der Waals surface area contributed by atoms with Gasteiger partial charge in [0.05, 0.1) is 0 Å². The van der Waals surface area contributed by atoms with Crippen molar-refractivity contribution in [3.05, 3.63) is 88.4 Å². The molecule has 0 unspecified atom stereocenters. The summed E-state index contributed by atoms with van der Waals surface area (Å²) in [7, 11) is 0. The van der Waals surface area contributed by atoms with E-state index in [1.165, 1.54) is 0 Å². The average molecular weight is 492 g/mol. The van der Waals surface area contributed by atoms with E-state index in [1.807, 2.05) is 13.8 Å². The highest BCUT2D eigenvalue weighted by atomic mass is 35.5. The molecule has 35 heavy (non-hydrogen) atoms. The fourth-order valence-electron chi connectivity index (χ4n) is 4.33. The largest absolute Gasteiger partial charge is 0.427 e. The predicted molar refractivity (Wildman–Crippen MR) is 134 cm³/mol. The maximum Gasteiger partial charge on any atom is 0.311 e. The zero-order valence-corrected chi connectivity index (χ0v) is 20.4. The number of anilines is 1. The molecule has 1 amide bonds. The number of benzene rings is 3. The van der Waals surface area contributed by atoms with Crippen molar-refractivity contribution in [1.82, 2.24) is 0 Å². The summed E-state index contributed by atoms with van der Waals surface area (Å²) < 4.78 is 10.8. The molecule has 1 heterocycles. The molecule has 1 N–H and O–H groups in total. The topological polar surface area (TPSA) is 81.7 Å². The SMILES string of the molecule is CCCC(=O)Oc1ccc(C2(c3ccc(OC(=O)CCC)cc3)C(=O)Nc3ccc(Cl)cc32)cc1. The number of ether oxygens (including phenoxy) is 2. The van der Waals surface area contributed by atoms with Gasteiger partial charge in [0.2, 0.25) is 5.91 Å². The molecule has 180 valence electrons. The molecule has 1 aliphatic heterocycles. The van der Waals surface area contributed by atoms with Gasteiger partial charge in [0.25, 0.3) is 0 Å². The molecule has 0 saturated heterocycles. The van der Waals surface area contributed by atoms with Crippen LogP contribution in [0.4, 0.5) is 5.69 Å². The van der Waals surface area contributed by atoms with Gasteiger partial charge < -0.3 is 14.8 Å². The van der Waals surface area contributed by atoms with Gasteiger partial charge in [-0.25, -0.2) is 0 Å². The van der Waals surface area contributed by atoms with Crippen LogP contribution in [0.5, 0.6) is 11.5 Å². The number of hydrogen-bond acceptors (Lipinski definition) is 5. The first-order valence-corrected chi connectivity index (χ1v) is 12.0. The summed E-state index contributed by atoms with van der Waals surface area (Å²) >= 11 is 6.34. The lowest BCUT2D eigenvalue weighted by molar-refractivity contribution is -0.135. The zero-order valence-electron chi connectivity index (χ0n) is 19.6. The molecule has 1 aliphatic rings. The van der Waals surface area contributed by atoms with Crippen molar-refractivity contribution in [2.24, 2.45) is 0 Å².